The molecule has 1 fully saturated rings. The van der Waals surface area contributed by atoms with Gasteiger partial charge in [-0.3, -0.25) is 9.36 Å². The molecule has 9 nitrogen and oxygen atoms in total. The summed E-state index contributed by atoms with van der Waals surface area (Å²) in [7, 11) is 0. The van der Waals surface area contributed by atoms with Crippen LogP contribution in [0.1, 0.15) is 40.8 Å². The molecule has 1 aliphatic rings. The predicted molar refractivity (Wildman–Crippen MR) is 96.5 cm³/mol. The molecule has 4 aromatic heterocycles. The maximum Gasteiger partial charge on any atom is 0.271 e. The van der Waals surface area contributed by atoms with E-state index in [1.807, 2.05) is 12.1 Å². The molecule has 0 unspecified atom stereocenters. The number of pyridine rings is 1. The number of carbonyl (C=O) groups is 1. The van der Waals surface area contributed by atoms with Crippen molar-refractivity contribution in [1.29, 1.82) is 0 Å². The van der Waals surface area contributed by atoms with Gasteiger partial charge in [0.2, 0.25) is 0 Å². The first-order valence-corrected chi connectivity index (χ1v) is 8.91. The van der Waals surface area contributed by atoms with E-state index in [-0.39, 0.29) is 11.6 Å². The van der Waals surface area contributed by atoms with Crippen molar-refractivity contribution in [2.45, 2.75) is 25.3 Å². The van der Waals surface area contributed by atoms with Gasteiger partial charge in [-0.05, 0) is 37.1 Å². The molecule has 0 bridgehead atoms. The zero-order valence-corrected chi connectivity index (χ0v) is 14.8. The van der Waals surface area contributed by atoms with Crippen molar-refractivity contribution in [3.63, 3.8) is 0 Å². The molecule has 0 spiro atoms. The van der Waals surface area contributed by atoms with Gasteiger partial charge >= 0.3 is 0 Å². The molecule has 0 atom stereocenters. The molecule has 140 valence electrons. The minimum atomic E-state index is -0.294. The van der Waals surface area contributed by atoms with E-state index in [1.165, 1.54) is 6.33 Å². The molecule has 1 N–H and O–H groups in total. The van der Waals surface area contributed by atoms with Gasteiger partial charge < -0.3 is 14.3 Å². The lowest BCUT2D eigenvalue weighted by atomic mass is 10.2. The molecule has 0 saturated heterocycles. The van der Waals surface area contributed by atoms with Crippen LogP contribution < -0.4 is 5.32 Å². The summed E-state index contributed by atoms with van der Waals surface area (Å²) < 4.78 is 12.2. The SMILES string of the molecule is O=C(NCc1ccco1)c1cn(-c2cc(-c3nc(C4CC4)no3)ccn2)cn1. The molecule has 0 aromatic carbocycles. The van der Waals surface area contributed by atoms with Gasteiger partial charge in [0.1, 0.15) is 23.6 Å². The normalized spacial score (nSPS) is 13.6. The van der Waals surface area contributed by atoms with E-state index < -0.39 is 0 Å². The van der Waals surface area contributed by atoms with Crippen LogP contribution in [0.4, 0.5) is 0 Å². The van der Waals surface area contributed by atoms with Gasteiger partial charge in [0.05, 0.1) is 12.8 Å². The average molecular weight is 376 g/mol. The van der Waals surface area contributed by atoms with E-state index in [9.17, 15) is 4.79 Å². The number of hydrogen-bond acceptors (Lipinski definition) is 7. The Balaban J connectivity index is 1.32. The van der Waals surface area contributed by atoms with Crippen molar-refractivity contribution < 1.29 is 13.7 Å². The summed E-state index contributed by atoms with van der Waals surface area (Å²) in [5.41, 5.74) is 1.05. The molecular formula is C19H16N6O3. The Kier molecular flexibility index (Phi) is 3.97. The van der Waals surface area contributed by atoms with Gasteiger partial charge in [0, 0.05) is 23.9 Å². The smallest absolute Gasteiger partial charge is 0.271 e. The van der Waals surface area contributed by atoms with E-state index in [1.54, 1.807) is 35.4 Å². The number of nitrogens with zero attached hydrogens (tertiary/aromatic N) is 5. The number of nitrogens with one attached hydrogen (secondary N) is 1. The van der Waals surface area contributed by atoms with Crippen LogP contribution in [-0.4, -0.2) is 30.6 Å². The van der Waals surface area contributed by atoms with Crippen molar-refractivity contribution in [3.8, 4) is 17.3 Å². The summed E-state index contributed by atoms with van der Waals surface area (Å²) in [5, 5.41) is 6.80. The highest BCUT2D eigenvalue weighted by Crippen LogP contribution is 2.38. The number of rotatable bonds is 6. The van der Waals surface area contributed by atoms with Crippen LogP contribution in [-0.2, 0) is 6.54 Å². The molecule has 1 aliphatic carbocycles. The first-order valence-electron chi connectivity index (χ1n) is 8.91. The standard InChI is InChI=1S/C19H16N6O3/c26-18(21-9-14-2-1-7-27-14)15-10-25(11-22-15)16-8-13(5-6-20-16)19-23-17(24-28-19)12-3-4-12/h1-2,5-8,10-12H,3-4,9H2,(H,21,26). The Morgan fingerprint density at radius 3 is 3.04 bits per heavy atom. The number of aromatic nitrogens is 5. The third-order valence-electron chi connectivity index (χ3n) is 4.46. The van der Waals surface area contributed by atoms with E-state index >= 15 is 0 Å². The van der Waals surface area contributed by atoms with Crippen LogP contribution in [0.3, 0.4) is 0 Å². The molecule has 4 aromatic rings. The van der Waals surface area contributed by atoms with E-state index in [4.69, 9.17) is 8.94 Å². The highest BCUT2D eigenvalue weighted by Gasteiger charge is 2.29. The van der Waals surface area contributed by atoms with Crippen LogP contribution in [0, 0.1) is 0 Å². The monoisotopic (exact) mass is 376 g/mol. The average Bonchev–Trinajstić information content (AvgIpc) is 3.16. The number of carbonyl (C=O) groups excluding carboxylic acids is 1. The maximum absolute atomic E-state index is 12.3. The van der Waals surface area contributed by atoms with Crippen molar-refractivity contribution in [2.24, 2.45) is 0 Å². The fourth-order valence-corrected chi connectivity index (χ4v) is 2.79. The summed E-state index contributed by atoms with van der Waals surface area (Å²) in [4.78, 5) is 25.2. The Morgan fingerprint density at radius 1 is 1.29 bits per heavy atom. The predicted octanol–water partition coefficient (Wildman–Crippen LogP) is 2.72. The molecular weight excluding hydrogens is 360 g/mol. The van der Waals surface area contributed by atoms with Crippen molar-refractivity contribution >= 4 is 5.91 Å². The highest BCUT2D eigenvalue weighted by atomic mass is 16.5. The molecule has 0 radical (unpaired) electrons. The second kappa shape index (κ2) is 6.76. The van der Waals surface area contributed by atoms with Crippen molar-refractivity contribution in [3.05, 3.63) is 66.5 Å². The summed E-state index contributed by atoms with van der Waals surface area (Å²) in [6, 6.07) is 7.18. The van der Waals surface area contributed by atoms with Gasteiger partial charge in [-0.1, -0.05) is 5.16 Å². The first kappa shape index (κ1) is 16.4. The van der Waals surface area contributed by atoms with Gasteiger partial charge in [-0.25, -0.2) is 9.97 Å². The Morgan fingerprint density at radius 2 is 2.21 bits per heavy atom. The van der Waals surface area contributed by atoms with Gasteiger partial charge in [0.25, 0.3) is 11.8 Å². The quantitative estimate of drug-likeness (QED) is 0.550. The second-order valence-corrected chi connectivity index (χ2v) is 6.56. The highest BCUT2D eigenvalue weighted by molar-refractivity contribution is 5.92. The molecule has 5 rings (SSSR count). The zero-order chi connectivity index (χ0) is 18.9. The minimum absolute atomic E-state index is 0.285. The van der Waals surface area contributed by atoms with Crippen LogP contribution in [0.2, 0.25) is 0 Å². The Hall–Kier alpha value is -3.75. The second-order valence-electron chi connectivity index (χ2n) is 6.56. The number of imidazole rings is 1. The molecule has 9 heteroatoms. The summed E-state index contributed by atoms with van der Waals surface area (Å²) in [6.45, 7) is 0.299. The Labute approximate surface area is 159 Å². The molecule has 28 heavy (non-hydrogen) atoms. The van der Waals surface area contributed by atoms with Crippen LogP contribution >= 0.6 is 0 Å². The lowest BCUT2D eigenvalue weighted by Crippen LogP contribution is -2.22. The fourth-order valence-electron chi connectivity index (χ4n) is 2.79. The zero-order valence-electron chi connectivity index (χ0n) is 14.8. The topological polar surface area (TPSA) is 112 Å². The Bertz CT molecular complexity index is 1110. The van der Waals surface area contributed by atoms with Crippen molar-refractivity contribution in [2.75, 3.05) is 0 Å². The fraction of sp³-hybridized carbons (Fsp3) is 0.211. The first-order chi connectivity index (χ1) is 13.8. The molecule has 1 amide bonds. The summed E-state index contributed by atoms with van der Waals surface area (Å²) >= 11 is 0. The number of furan rings is 1. The molecule has 1 saturated carbocycles. The third-order valence-corrected chi connectivity index (χ3v) is 4.46. The lowest BCUT2D eigenvalue weighted by Gasteiger charge is -2.02. The summed E-state index contributed by atoms with van der Waals surface area (Å²) in [6.07, 6.45) is 8.60. The molecule has 0 aliphatic heterocycles. The number of hydrogen-bond donors (Lipinski definition) is 1. The minimum Gasteiger partial charge on any atom is -0.467 e. The maximum atomic E-state index is 12.3. The van der Waals surface area contributed by atoms with Gasteiger partial charge in [-0.2, -0.15) is 4.98 Å². The summed E-state index contributed by atoms with van der Waals surface area (Å²) in [5.74, 6) is 2.62. The van der Waals surface area contributed by atoms with E-state index in [0.29, 0.717) is 29.9 Å². The van der Waals surface area contributed by atoms with Crippen LogP contribution in [0.25, 0.3) is 17.3 Å². The van der Waals surface area contributed by atoms with E-state index in [2.05, 4.69) is 25.4 Å². The van der Waals surface area contributed by atoms with Crippen LogP contribution in [0.5, 0.6) is 0 Å². The van der Waals surface area contributed by atoms with Gasteiger partial charge in [-0.15, -0.1) is 0 Å². The lowest BCUT2D eigenvalue weighted by molar-refractivity contribution is 0.0943. The van der Waals surface area contributed by atoms with Gasteiger partial charge in [0.15, 0.2) is 5.82 Å². The third kappa shape index (κ3) is 3.29. The van der Waals surface area contributed by atoms with Crippen molar-refractivity contribution in [1.82, 2.24) is 30.0 Å². The van der Waals surface area contributed by atoms with E-state index in [0.717, 1.165) is 24.2 Å². The molecule has 4 heterocycles. The number of amides is 1. The largest absolute Gasteiger partial charge is 0.467 e. The van der Waals surface area contributed by atoms with Crippen LogP contribution in [0.15, 0.2) is 58.2 Å².